The van der Waals surface area contributed by atoms with Crippen LogP contribution in [0.5, 0.6) is 0 Å². The maximum atomic E-state index is 3.64. The van der Waals surface area contributed by atoms with E-state index in [0.717, 1.165) is 26.1 Å². The molecule has 1 aliphatic heterocycles. The van der Waals surface area contributed by atoms with E-state index < -0.39 is 0 Å². The van der Waals surface area contributed by atoms with E-state index in [1.165, 1.54) is 11.1 Å². The molecule has 2 nitrogen and oxygen atoms in total. The van der Waals surface area contributed by atoms with Gasteiger partial charge in [0, 0.05) is 12.6 Å². The Morgan fingerprint density at radius 3 is 2.79 bits per heavy atom. The summed E-state index contributed by atoms with van der Waals surface area (Å²) >= 11 is 0. The molecule has 1 aromatic carbocycles. The van der Waals surface area contributed by atoms with Crippen molar-refractivity contribution >= 4 is 0 Å². The van der Waals surface area contributed by atoms with Crippen LogP contribution in [-0.2, 0) is 6.42 Å². The lowest BCUT2D eigenvalue weighted by atomic mass is 9.82. The molecule has 0 fully saturated rings. The van der Waals surface area contributed by atoms with Gasteiger partial charge in [0.1, 0.15) is 0 Å². The molecular weight excluding hydrogens is 232 g/mol. The number of rotatable bonds is 4. The Morgan fingerprint density at radius 2 is 2.05 bits per heavy atom. The van der Waals surface area contributed by atoms with Crippen molar-refractivity contribution in [2.24, 2.45) is 11.3 Å². The summed E-state index contributed by atoms with van der Waals surface area (Å²) in [6, 6.07) is 9.30. The quantitative estimate of drug-likeness (QED) is 0.869. The largest absolute Gasteiger partial charge is 0.315 e. The van der Waals surface area contributed by atoms with Gasteiger partial charge in [-0.25, -0.2) is 0 Å². The first-order valence-electron chi connectivity index (χ1n) is 7.50. The summed E-state index contributed by atoms with van der Waals surface area (Å²) in [6.07, 6.45) is 1.16. The smallest absolute Gasteiger partial charge is 0.0449 e. The van der Waals surface area contributed by atoms with Gasteiger partial charge in [-0.1, -0.05) is 52.0 Å². The van der Waals surface area contributed by atoms with Crippen LogP contribution in [0.25, 0.3) is 0 Å². The van der Waals surface area contributed by atoms with Gasteiger partial charge in [0.25, 0.3) is 0 Å². The minimum absolute atomic E-state index is 0.380. The number of fused-ring (bicyclic) bond motifs is 1. The van der Waals surface area contributed by atoms with Gasteiger partial charge in [0.2, 0.25) is 0 Å². The number of hydrogen-bond acceptors (Lipinski definition) is 2. The highest BCUT2D eigenvalue weighted by molar-refractivity contribution is 5.32. The molecule has 0 saturated carbocycles. The van der Waals surface area contributed by atoms with Crippen molar-refractivity contribution in [3.63, 3.8) is 0 Å². The molecule has 0 aromatic heterocycles. The van der Waals surface area contributed by atoms with Crippen LogP contribution in [0.2, 0.25) is 0 Å². The molecule has 1 aromatic rings. The zero-order valence-electron chi connectivity index (χ0n) is 12.8. The van der Waals surface area contributed by atoms with Crippen LogP contribution in [-0.4, -0.2) is 19.6 Å². The normalized spacial score (nSPS) is 20.9. The predicted octanol–water partition coefficient (Wildman–Crippen LogP) is 3.15. The third kappa shape index (κ3) is 3.80. The SMILES string of the molecule is CC(CNCC1NCCc2ccccc21)C(C)(C)C. The fraction of sp³-hybridized carbons (Fsp3) is 0.647. The zero-order valence-corrected chi connectivity index (χ0v) is 12.8. The van der Waals surface area contributed by atoms with E-state index in [2.05, 4.69) is 62.6 Å². The summed E-state index contributed by atoms with van der Waals surface area (Å²) in [6.45, 7) is 12.5. The Balaban J connectivity index is 1.88. The molecule has 2 rings (SSSR count). The number of nitrogens with one attached hydrogen (secondary N) is 2. The molecule has 0 radical (unpaired) electrons. The van der Waals surface area contributed by atoms with Crippen molar-refractivity contribution in [3.05, 3.63) is 35.4 Å². The molecule has 19 heavy (non-hydrogen) atoms. The van der Waals surface area contributed by atoms with Gasteiger partial charge in [-0.2, -0.15) is 0 Å². The molecular formula is C17H28N2. The topological polar surface area (TPSA) is 24.1 Å². The van der Waals surface area contributed by atoms with Crippen molar-refractivity contribution in [2.75, 3.05) is 19.6 Å². The highest BCUT2D eigenvalue weighted by Crippen LogP contribution is 2.25. The van der Waals surface area contributed by atoms with Gasteiger partial charge in [-0.15, -0.1) is 0 Å². The molecule has 106 valence electrons. The standard InChI is InChI=1S/C17H28N2/c1-13(17(2,3)4)11-18-12-16-15-8-6-5-7-14(15)9-10-19-16/h5-8,13,16,18-19H,9-12H2,1-4H3. The van der Waals surface area contributed by atoms with Crippen molar-refractivity contribution in [3.8, 4) is 0 Å². The fourth-order valence-corrected chi connectivity index (χ4v) is 2.53. The van der Waals surface area contributed by atoms with Crippen molar-refractivity contribution < 1.29 is 0 Å². The summed E-state index contributed by atoms with van der Waals surface area (Å²) in [7, 11) is 0. The molecule has 0 aliphatic carbocycles. The van der Waals surface area contributed by atoms with Crippen molar-refractivity contribution in [2.45, 2.75) is 40.2 Å². The van der Waals surface area contributed by atoms with E-state index in [-0.39, 0.29) is 0 Å². The van der Waals surface area contributed by atoms with E-state index in [1.807, 2.05) is 0 Å². The van der Waals surface area contributed by atoms with Gasteiger partial charge >= 0.3 is 0 Å². The average molecular weight is 260 g/mol. The Labute approximate surface area is 118 Å². The lowest BCUT2D eigenvalue weighted by Crippen LogP contribution is -2.39. The highest BCUT2D eigenvalue weighted by atomic mass is 15.0. The highest BCUT2D eigenvalue weighted by Gasteiger charge is 2.21. The Morgan fingerprint density at radius 1 is 1.32 bits per heavy atom. The van der Waals surface area contributed by atoms with Crippen LogP contribution >= 0.6 is 0 Å². The van der Waals surface area contributed by atoms with Crippen LogP contribution in [0.3, 0.4) is 0 Å². The van der Waals surface area contributed by atoms with Gasteiger partial charge in [-0.05, 0) is 42.0 Å². The van der Waals surface area contributed by atoms with Crippen molar-refractivity contribution in [1.29, 1.82) is 0 Å². The molecule has 2 heteroatoms. The lowest BCUT2D eigenvalue weighted by Gasteiger charge is -2.30. The van der Waals surface area contributed by atoms with Crippen molar-refractivity contribution in [1.82, 2.24) is 10.6 Å². The lowest BCUT2D eigenvalue weighted by molar-refractivity contribution is 0.250. The molecule has 2 atom stereocenters. The molecule has 0 spiro atoms. The third-order valence-electron chi connectivity index (χ3n) is 4.49. The molecule has 2 N–H and O–H groups in total. The molecule has 0 amide bonds. The van der Waals surface area contributed by atoms with Gasteiger partial charge in [0.15, 0.2) is 0 Å². The maximum absolute atomic E-state index is 3.64. The summed E-state index contributed by atoms with van der Waals surface area (Å²) in [5.74, 6) is 0.686. The first-order valence-corrected chi connectivity index (χ1v) is 7.50. The summed E-state index contributed by atoms with van der Waals surface area (Å²) < 4.78 is 0. The molecule has 1 heterocycles. The minimum atomic E-state index is 0.380. The van der Waals surface area contributed by atoms with Crippen LogP contribution in [0.1, 0.15) is 44.9 Å². The van der Waals surface area contributed by atoms with E-state index in [4.69, 9.17) is 0 Å². The Bertz CT molecular complexity index is 406. The second-order valence-electron chi connectivity index (χ2n) is 6.88. The predicted molar refractivity (Wildman–Crippen MR) is 82.4 cm³/mol. The van der Waals surface area contributed by atoms with Gasteiger partial charge < -0.3 is 10.6 Å². The maximum Gasteiger partial charge on any atom is 0.0449 e. The summed E-state index contributed by atoms with van der Waals surface area (Å²) in [5, 5.41) is 7.27. The number of hydrogen-bond donors (Lipinski definition) is 2. The first kappa shape index (κ1) is 14.5. The van der Waals surface area contributed by atoms with Gasteiger partial charge in [0.05, 0.1) is 0 Å². The third-order valence-corrected chi connectivity index (χ3v) is 4.49. The number of benzene rings is 1. The molecule has 2 unspecified atom stereocenters. The van der Waals surface area contributed by atoms with E-state index in [9.17, 15) is 0 Å². The minimum Gasteiger partial charge on any atom is -0.315 e. The summed E-state index contributed by atoms with van der Waals surface area (Å²) in [5.41, 5.74) is 3.37. The van der Waals surface area contributed by atoms with Gasteiger partial charge in [-0.3, -0.25) is 0 Å². The first-order chi connectivity index (χ1) is 8.98. The second kappa shape index (κ2) is 6.06. The monoisotopic (exact) mass is 260 g/mol. The van der Waals surface area contributed by atoms with E-state index >= 15 is 0 Å². The Kier molecular flexibility index (Phi) is 4.64. The fourth-order valence-electron chi connectivity index (χ4n) is 2.53. The van der Waals surface area contributed by atoms with E-state index in [1.54, 1.807) is 0 Å². The Hall–Kier alpha value is -0.860. The summed E-state index contributed by atoms with van der Waals surface area (Å²) in [4.78, 5) is 0. The second-order valence-corrected chi connectivity index (χ2v) is 6.88. The van der Waals surface area contributed by atoms with E-state index in [0.29, 0.717) is 17.4 Å². The molecule has 1 aliphatic rings. The zero-order chi connectivity index (χ0) is 13.9. The van der Waals surface area contributed by atoms with Crippen LogP contribution in [0, 0.1) is 11.3 Å². The van der Waals surface area contributed by atoms with Crippen LogP contribution < -0.4 is 10.6 Å². The molecule has 0 saturated heterocycles. The van der Waals surface area contributed by atoms with Crippen LogP contribution in [0.4, 0.5) is 0 Å². The average Bonchev–Trinajstić information content (AvgIpc) is 2.38. The van der Waals surface area contributed by atoms with Crippen LogP contribution in [0.15, 0.2) is 24.3 Å². The molecule has 0 bridgehead atoms.